The van der Waals surface area contributed by atoms with Crippen LogP contribution in [0.2, 0.25) is 0 Å². The first-order valence-corrected chi connectivity index (χ1v) is 11.4. The van der Waals surface area contributed by atoms with Crippen LogP contribution in [-0.2, 0) is 9.53 Å². The molecular formula is C25H19N3O4S. The molecular weight excluding hydrogens is 438 g/mol. The van der Waals surface area contributed by atoms with Crippen LogP contribution >= 0.6 is 11.8 Å². The summed E-state index contributed by atoms with van der Waals surface area (Å²) in [5.74, 6) is -0.300. The highest BCUT2D eigenvalue weighted by Crippen LogP contribution is 2.34. The molecule has 0 bridgehead atoms. The Bertz CT molecular complexity index is 1420. The van der Waals surface area contributed by atoms with Crippen molar-refractivity contribution in [3.63, 3.8) is 0 Å². The van der Waals surface area contributed by atoms with Gasteiger partial charge in [0, 0.05) is 22.6 Å². The zero-order chi connectivity index (χ0) is 22.8. The Labute approximate surface area is 193 Å². The third-order valence-electron chi connectivity index (χ3n) is 5.36. The summed E-state index contributed by atoms with van der Waals surface area (Å²) < 4.78 is 6.56. The number of carbonyl (C=O) groups excluding carboxylic acids is 2. The first-order valence-electron chi connectivity index (χ1n) is 10.4. The number of thioether (sulfide) groups is 1. The molecule has 5 rings (SSSR count). The van der Waals surface area contributed by atoms with Gasteiger partial charge < -0.3 is 9.64 Å². The monoisotopic (exact) mass is 457 g/mol. The SMILES string of the molecule is O=C(OCC(=O)N1CCSc2ccccc21)c1nn(-c2ccccc2)c(=O)c2ccccc12. The van der Waals surface area contributed by atoms with Gasteiger partial charge in [0.2, 0.25) is 0 Å². The molecule has 2 heterocycles. The van der Waals surface area contributed by atoms with Crippen molar-refractivity contribution in [1.29, 1.82) is 0 Å². The average molecular weight is 458 g/mol. The standard InChI is InChI=1S/C25H19N3O4S/c29-22(27-14-15-33-21-13-7-6-12-20(21)27)16-32-25(31)23-18-10-4-5-11-19(18)24(30)28(26-23)17-8-2-1-3-9-17/h1-13H,14-16H2. The van der Waals surface area contributed by atoms with Gasteiger partial charge >= 0.3 is 5.97 Å². The van der Waals surface area contributed by atoms with Gasteiger partial charge in [-0.25, -0.2) is 4.79 Å². The number of esters is 1. The summed E-state index contributed by atoms with van der Waals surface area (Å²) in [5, 5.41) is 5.02. The minimum atomic E-state index is -0.760. The predicted molar refractivity (Wildman–Crippen MR) is 127 cm³/mol. The molecule has 0 N–H and O–H groups in total. The Kier molecular flexibility index (Phi) is 5.66. The van der Waals surface area contributed by atoms with Gasteiger partial charge in [-0.2, -0.15) is 9.78 Å². The largest absolute Gasteiger partial charge is 0.451 e. The lowest BCUT2D eigenvalue weighted by Crippen LogP contribution is -2.38. The number of hydrogen-bond acceptors (Lipinski definition) is 6. The molecule has 0 saturated carbocycles. The molecule has 164 valence electrons. The van der Waals surface area contributed by atoms with Gasteiger partial charge in [0.1, 0.15) is 0 Å². The van der Waals surface area contributed by atoms with E-state index >= 15 is 0 Å². The Morgan fingerprint density at radius 2 is 1.61 bits per heavy atom. The molecule has 0 unspecified atom stereocenters. The Hall–Kier alpha value is -3.91. The highest BCUT2D eigenvalue weighted by Gasteiger charge is 2.25. The Morgan fingerprint density at radius 1 is 0.909 bits per heavy atom. The van der Waals surface area contributed by atoms with E-state index in [0.717, 1.165) is 16.3 Å². The van der Waals surface area contributed by atoms with Crippen molar-refractivity contribution in [2.45, 2.75) is 4.90 Å². The van der Waals surface area contributed by atoms with E-state index in [1.54, 1.807) is 65.2 Å². The van der Waals surface area contributed by atoms with E-state index in [-0.39, 0.29) is 17.2 Å². The summed E-state index contributed by atoms with van der Waals surface area (Å²) in [6, 6.07) is 23.2. The molecule has 0 atom stereocenters. The normalized spacial score (nSPS) is 12.9. The number of anilines is 1. The van der Waals surface area contributed by atoms with E-state index in [1.807, 2.05) is 30.3 Å². The van der Waals surface area contributed by atoms with Crippen molar-refractivity contribution in [3.05, 3.63) is 94.9 Å². The van der Waals surface area contributed by atoms with Gasteiger partial charge in [0.15, 0.2) is 12.3 Å². The number of nitrogens with zero attached hydrogens (tertiary/aromatic N) is 3. The Morgan fingerprint density at radius 3 is 2.42 bits per heavy atom. The molecule has 3 aromatic carbocycles. The maximum absolute atomic E-state index is 13.0. The number of amides is 1. The quantitative estimate of drug-likeness (QED) is 0.435. The van der Waals surface area contributed by atoms with E-state index in [0.29, 0.717) is 23.0 Å². The van der Waals surface area contributed by atoms with Gasteiger partial charge in [-0.3, -0.25) is 9.59 Å². The van der Waals surface area contributed by atoms with Gasteiger partial charge in [0.05, 0.1) is 16.8 Å². The maximum atomic E-state index is 13.0. The lowest BCUT2D eigenvalue weighted by atomic mass is 10.1. The van der Waals surface area contributed by atoms with Crippen LogP contribution in [0.3, 0.4) is 0 Å². The van der Waals surface area contributed by atoms with E-state index in [2.05, 4.69) is 5.10 Å². The minimum Gasteiger partial charge on any atom is -0.451 e. The van der Waals surface area contributed by atoms with Crippen LogP contribution in [0.5, 0.6) is 0 Å². The third-order valence-corrected chi connectivity index (χ3v) is 6.40. The molecule has 1 aliphatic heterocycles. The van der Waals surface area contributed by atoms with Gasteiger partial charge in [-0.1, -0.05) is 48.5 Å². The fraction of sp³-hybridized carbons (Fsp3) is 0.120. The number of rotatable bonds is 4. The topological polar surface area (TPSA) is 81.5 Å². The second-order valence-corrected chi connectivity index (χ2v) is 8.52. The second-order valence-electron chi connectivity index (χ2n) is 7.38. The summed E-state index contributed by atoms with van der Waals surface area (Å²) in [4.78, 5) is 41.5. The molecule has 8 heteroatoms. The van der Waals surface area contributed by atoms with Crippen LogP contribution in [-0.4, -0.2) is 40.6 Å². The molecule has 0 saturated heterocycles. The van der Waals surface area contributed by atoms with Gasteiger partial charge in [-0.15, -0.1) is 11.8 Å². The van der Waals surface area contributed by atoms with Crippen molar-refractivity contribution < 1.29 is 14.3 Å². The van der Waals surface area contributed by atoms with E-state index in [4.69, 9.17) is 4.74 Å². The summed E-state index contributed by atoms with van der Waals surface area (Å²) in [6.45, 7) is 0.121. The third kappa shape index (κ3) is 4.01. The number of aromatic nitrogens is 2. The molecule has 1 aliphatic rings. The molecule has 0 fully saturated rings. The minimum absolute atomic E-state index is 0.0172. The van der Waals surface area contributed by atoms with Crippen molar-refractivity contribution in [2.24, 2.45) is 0 Å². The first-order chi connectivity index (χ1) is 16.1. The summed E-state index contributed by atoms with van der Waals surface area (Å²) in [7, 11) is 0. The zero-order valence-corrected chi connectivity index (χ0v) is 18.3. The van der Waals surface area contributed by atoms with Crippen LogP contribution < -0.4 is 10.5 Å². The second kappa shape index (κ2) is 8.91. The number of ether oxygens (including phenoxy) is 1. The fourth-order valence-corrected chi connectivity index (χ4v) is 4.78. The lowest BCUT2D eigenvalue weighted by Gasteiger charge is -2.28. The molecule has 1 aromatic heterocycles. The molecule has 1 amide bonds. The average Bonchev–Trinajstić information content (AvgIpc) is 2.87. The molecule has 7 nitrogen and oxygen atoms in total. The van der Waals surface area contributed by atoms with Crippen molar-refractivity contribution in [3.8, 4) is 5.69 Å². The molecule has 33 heavy (non-hydrogen) atoms. The van der Waals surface area contributed by atoms with Crippen LogP contribution in [0, 0.1) is 0 Å². The highest BCUT2D eigenvalue weighted by atomic mass is 32.2. The van der Waals surface area contributed by atoms with Crippen molar-refractivity contribution in [1.82, 2.24) is 9.78 Å². The summed E-state index contributed by atoms with van der Waals surface area (Å²) >= 11 is 1.69. The van der Waals surface area contributed by atoms with E-state index in [9.17, 15) is 14.4 Å². The number of benzene rings is 3. The predicted octanol–water partition coefficient (Wildman–Crippen LogP) is 3.68. The molecule has 0 radical (unpaired) electrons. The summed E-state index contributed by atoms with van der Waals surface area (Å²) in [5.41, 5.74) is 0.986. The molecule has 0 spiro atoms. The number of fused-ring (bicyclic) bond motifs is 2. The molecule has 4 aromatic rings. The van der Waals surface area contributed by atoms with Crippen LogP contribution in [0.4, 0.5) is 5.69 Å². The van der Waals surface area contributed by atoms with E-state index < -0.39 is 12.6 Å². The van der Waals surface area contributed by atoms with Gasteiger partial charge in [0.25, 0.3) is 11.5 Å². The number of carbonyl (C=O) groups is 2. The first kappa shape index (κ1) is 21.0. The number of hydrogen-bond donors (Lipinski definition) is 0. The van der Waals surface area contributed by atoms with Crippen molar-refractivity contribution >= 4 is 40.1 Å². The van der Waals surface area contributed by atoms with E-state index in [1.165, 1.54) is 4.68 Å². The lowest BCUT2D eigenvalue weighted by molar-refractivity contribution is -0.121. The fourth-order valence-electron chi connectivity index (χ4n) is 3.79. The van der Waals surface area contributed by atoms with Crippen LogP contribution in [0.1, 0.15) is 10.5 Å². The van der Waals surface area contributed by atoms with Gasteiger partial charge in [-0.05, 0) is 30.3 Å². The highest BCUT2D eigenvalue weighted by molar-refractivity contribution is 7.99. The maximum Gasteiger partial charge on any atom is 0.359 e. The Balaban J connectivity index is 1.44. The van der Waals surface area contributed by atoms with Crippen LogP contribution in [0.25, 0.3) is 16.5 Å². The smallest absolute Gasteiger partial charge is 0.359 e. The van der Waals surface area contributed by atoms with Crippen molar-refractivity contribution in [2.75, 3.05) is 23.8 Å². The zero-order valence-electron chi connectivity index (χ0n) is 17.5. The van der Waals surface area contributed by atoms with Crippen LogP contribution in [0.15, 0.2) is 88.6 Å². The molecule has 0 aliphatic carbocycles. The number of para-hydroxylation sites is 2. The summed E-state index contributed by atoms with van der Waals surface area (Å²) in [6.07, 6.45) is 0.